The molecule has 6 nitrogen and oxygen atoms in total. The van der Waals surface area contributed by atoms with E-state index in [0.29, 0.717) is 36.9 Å². The molecule has 1 N–H and O–H groups in total. The van der Waals surface area contributed by atoms with Gasteiger partial charge in [-0.05, 0) is 45.8 Å². The van der Waals surface area contributed by atoms with E-state index in [0.717, 1.165) is 21.5 Å². The third kappa shape index (κ3) is 3.82. The Balaban J connectivity index is 1.50. The predicted octanol–water partition coefficient (Wildman–Crippen LogP) is 4.51. The fraction of sp³-hybridized carbons (Fsp3) is 0.316. The molecule has 0 aliphatic carbocycles. The molecule has 0 radical (unpaired) electrons. The monoisotopic (exact) mass is 450 g/mol. The molecule has 2 aliphatic rings. The average Bonchev–Trinajstić information content (AvgIpc) is 3.18. The number of thioether (sulfide) groups is 1. The van der Waals surface area contributed by atoms with E-state index >= 15 is 0 Å². The van der Waals surface area contributed by atoms with Gasteiger partial charge in [0.15, 0.2) is 11.5 Å². The van der Waals surface area contributed by atoms with Gasteiger partial charge >= 0.3 is 6.03 Å². The van der Waals surface area contributed by atoms with Gasteiger partial charge < -0.3 is 24.4 Å². The van der Waals surface area contributed by atoms with Crippen LogP contribution in [0.1, 0.15) is 10.9 Å². The summed E-state index contributed by atoms with van der Waals surface area (Å²) in [4.78, 5) is 14.7. The SMILES string of the molecule is COc1ccc(C2SCCN2C(=O)Nc2ccc3c(c2)OCCO3)cc1Br. The fourth-order valence-electron chi connectivity index (χ4n) is 3.11. The van der Waals surface area contributed by atoms with Gasteiger partial charge in [-0.15, -0.1) is 11.8 Å². The molecule has 2 heterocycles. The first-order valence-corrected chi connectivity index (χ1v) is 10.4. The zero-order valence-electron chi connectivity index (χ0n) is 14.7. The summed E-state index contributed by atoms with van der Waals surface area (Å²) in [5.74, 6) is 3.03. The van der Waals surface area contributed by atoms with Crippen LogP contribution in [0.5, 0.6) is 17.2 Å². The highest BCUT2D eigenvalue weighted by molar-refractivity contribution is 9.10. The van der Waals surface area contributed by atoms with Crippen LogP contribution in [0.3, 0.4) is 0 Å². The lowest BCUT2D eigenvalue weighted by Gasteiger charge is -2.25. The van der Waals surface area contributed by atoms with Crippen molar-refractivity contribution in [3.63, 3.8) is 0 Å². The van der Waals surface area contributed by atoms with Gasteiger partial charge in [0.1, 0.15) is 24.3 Å². The number of ether oxygens (including phenoxy) is 3. The van der Waals surface area contributed by atoms with Crippen LogP contribution in [-0.4, -0.2) is 43.6 Å². The lowest BCUT2D eigenvalue weighted by Crippen LogP contribution is -2.34. The van der Waals surface area contributed by atoms with E-state index in [1.54, 1.807) is 24.9 Å². The first kappa shape index (κ1) is 18.3. The molecule has 1 unspecified atom stereocenters. The second kappa shape index (κ2) is 7.90. The minimum absolute atomic E-state index is 0.0376. The van der Waals surface area contributed by atoms with Crippen LogP contribution in [0, 0.1) is 0 Å². The minimum Gasteiger partial charge on any atom is -0.496 e. The zero-order chi connectivity index (χ0) is 18.8. The maximum absolute atomic E-state index is 12.9. The number of carbonyl (C=O) groups excluding carboxylic acids is 1. The summed E-state index contributed by atoms with van der Waals surface area (Å²) in [6, 6.07) is 11.2. The molecule has 0 bridgehead atoms. The Bertz CT molecular complexity index is 864. The maximum Gasteiger partial charge on any atom is 0.323 e. The number of amides is 2. The van der Waals surface area contributed by atoms with Crippen molar-refractivity contribution >= 4 is 39.4 Å². The molecular weight excluding hydrogens is 432 g/mol. The van der Waals surface area contributed by atoms with Crippen molar-refractivity contribution in [2.24, 2.45) is 0 Å². The van der Waals surface area contributed by atoms with Crippen molar-refractivity contribution in [2.45, 2.75) is 5.37 Å². The first-order valence-electron chi connectivity index (χ1n) is 8.58. The number of hydrogen-bond acceptors (Lipinski definition) is 5. The van der Waals surface area contributed by atoms with Crippen LogP contribution < -0.4 is 19.5 Å². The van der Waals surface area contributed by atoms with Crippen molar-refractivity contribution in [3.05, 3.63) is 46.4 Å². The highest BCUT2D eigenvalue weighted by Crippen LogP contribution is 2.41. The lowest BCUT2D eigenvalue weighted by atomic mass is 10.2. The van der Waals surface area contributed by atoms with E-state index in [2.05, 4.69) is 21.2 Å². The van der Waals surface area contributed by atoms with Crippen LogP contribution in [0.15, 0.2) is 40.9 Å². The quantitative estimate of drug-likeness (QED) is 0.745. The van der Waals surface area contributed by atoms with Crippen molar-refractivity contribution in [1.29, 1.82) is 0 Å². The molecule has 27 heavy (non-hydrogen) atoms. The van der Waals surface area contributed by atoms with Crippen LogP contribution in [0.4, 0.5) is 10.5 Å². The van der Waals surface area contributed by atoms with Crippen molar-refractivity contribution in [3.8, 4) is 17.2 Å². The summed E-state index contributed by atoms with van der Waals surface area (Å²) in [6.07, 6.45) is 0. The smallest absolute Gasteiger partial charge is 0.323 e. The molecule has 2 aromatic rings. The summed E-state index contributed by atoms with van der Waals surface area (Å²) < 4.78 is 17.3. The fourth-order valence-corrected chi connectivity index (χ4v) is 4.91. The van der Waals surface area contributed by atoms with E-state index in [9.17, 15) is 4.79 Å². The molecule has 0 spiro atoms. The number of rotatable bonds is 3. The number of nitrogens with zero attached hydrogens (tertiary/aromatic N) is 1. The molecule has 2 aromatic carbocycles. The normalized spacial score (nSPS) is 18.3. The second-order valence-electron chi connectivity index (χ2n) is 6.10. The number of fused-ring (bicyclic) bond motifs is 1. The molecule has 4 rings (SSSR count). The number of hydrogen-bond donors (Lipinski definition) is 1. The predicted molar refractivity (Wildman–Crippen MR) is 109 cm³/mol. The first-order chi connectivity index (χ1) is 13.2. The Hall–Kier alpha value is -2.06. The van der Waals surface area contributed by atoms with Crippen LogP contribution in [0.2, 0.25) is 0 Å². The Labute approximate surface area is 170 Å². The third-order valence-electron chi connectivity index (χ3n) is 4.41. The average molecular weight is 451 g/mol. The van der Waals surface area contributed by atoms with E-state index < -0.39 is 0 Å². The largest absolute Gasteiger partial charge is 0.496 e. The molecule has 1 fully saturated rings. The molecule has 0 saturated carbocycles. The molecule has 1 atom stereocenters. The minimum atomic E-state index is -0.131. The topological polar surface area (TPSA) is 60.0 Å². The van der Waals surface area contributed by atoms with Gasteiger partial charge in [-0.25, -0.2) is 4.79 Å². The Morgan fingerprint density at radius 1 is 1.22 bits per heavy atom. The van der Waals surface area contributed by atoms with E-state index in [1.807, 2.05) is 35.2 Å². The van der Waals surface area contributed by atoms with Gasteiger partial charge in [0.2, 0.25) is 0 Å². The van der Waals surface area contributed by atoms with E-state index in [-0.39, 0.29) is 11.4 Å². The van der Waals surface area contributed by atoms with E-state index in [1.165, 1.54) is 0 Å². The standard InChI is InChI=1S/C19H19BrN2O4S/c1-24-15-4-2-12(10-14(15)20)18-22(6-9-27-18)19(23)21-13-3-5-16-17(11-13)26-8-7-25-16/h2-5,10-11,18H,6-9H2,1H3,(H,21,23). The summed E-state index contributed by atoms with van der Waals surface area (Å²) in [6.45, 7) is 1.75. The number of halogens is 1. The Morgan fingerprint density at radius 2 is 2.04 bits per heavy atom. The van der Waals surface area contributed by atoms with Crippen LogP contribution in [-0.2, 0) is 0 Å². The highest BCUT2D eigenvalue weighted by atomic mass is 79.9. The third-order valence-corrected chi connectivity index (χ3v) is 6.29. The van der Waals surface area contributed by atoms with Gasteiger partial charge in [0.05, 0.1) is 11.6 Å². The molecule has 142 valence electrons. The summed E-state index contributed by atoms with van der Waals surface area (Å²) in [7, 11) is 1.64. The van der Waals surface area contributed by atoms with Crippen LogP contribution >= 0.6 is 27.7 Å². The zero-order valence-corrected chi connectivity index (χ0v) is 17.1. The van der Waals surface area contributed by atoms with Gasteiger partial charge in [-0.3, -0.25) is 0 Å². The second-order valence-corrected chi connectivity index (χ2v) is 8.14. The molecular formula is C19H19BrN2O4S. The molecule has 1 saturated heterocycles. The molecule has 2 amide bonds. The van der Waals surface area contributed by atoms with Gasteiger partial charge in [0, 0.05) is 24.1 Å². The maximum atomic E-state index is 12.9. The van der Waals surface area contributed by atoms with Gasteiger partial charge in [0.25, 0.3) is 0 Å². The van der Waals surface area contributed by atoms with Crippen molar-refractivity contribution in [1.82, 2.24) is 4.90 Å². The number of methoxy groups -OCH3 is 1. The number of carbonyl (C=O) groups is 1. The van der Waals surface area contributed by atoms with Gasteiger partial charge in [-0.2, -0.15) is 0 Å². The van der Waals surface area contributed by atoms with Crippen LogP contribution in [0.25, 0.3) is 0 Å². The van der Waals surface area contributed by atoms with Crippen molar-refractivity contribution in [2.75, 3.05) is 37.9 Å². The van der Waals surface area contributed by atoms with Crippen molar-refractivity contribution < 1.29 is 19.0 Å². The Kier molecular flexibility index (Phi) is 5.36. The lowest BCUT2D eigenvalue weighted by molar-refractivity contribution is 0.171. The number of urea groups is 1. The number of anilines is 1. The summed E-state index contributed by atoms with van der Waals surface area (Å²) in [5.41, 5.74) is 1.75. The van der Waals surface area contributed by atoms with E-state index in [4.69, 9.17) is 14.2 Å². The number of nitrogens with one attached hydrogen (secondary N) is 1. The summed E-state index contributed by atoms with van der Waals surface area (Å²) >= 11 is 5.27. The molecule has 0 aromatic heterocycles. The molecule has 8 heteroatoms. The number of benzene rings is 2. The molecule has 2 aliphatic heterocycles. The summed E-state index contributed by atoms with van der Waals surface area (Å²) in [5, 5.41) is 2.94. The Morgan fingerprint density at radius 3 is 2.81 bits per heavy atom. The highest BCUT2D eigenvalue weighted by Gasteiger charge is 2.31. The van der Waals surface area contributed by atoms with Gasteiger partial charge in [-0.1, -0.05) is 6.07 Å².